The quantitative estimate of drug-likeness (QED) is 0.614. The molecule has 1 heterocycles. The van der Waals surface area contributed by atoms with Crippen LogP contribution >= 0.6 is 11.8 Å². The third kappa shape index (κ3) is 5.84. The van der Waals surface area contributed by atoms with Gasteiger partial charge in [-0.3, -0.25) is 9.59 Å². The van der Waals surface area contributed by atoms with Gasteiger partial charge in [0.1, 0.15) is 0 Å². The number of amides is 1. The van der Waals surface area contributed by atoms with E-state index >= 15 is 0 Å². The average Bonchev–Trinajstić information content (AvgIpc) is 2.67. The fourth-order valence-corrected chi connectivity index (χ4v) is 2.71. The van der Waals surface area contributed by atoms with Crippen LogP contribution in [0.5, 0.6) is 0 Å². The van der Waals surface area contributed by atoms with Gasteiger partial charge in [0.05, 0.1) is 6.61 Å². The molecule has 5 nitrogen and oxygen atoms in total. The van der Waals surface area contributed by atoms with Gasteiger partial charge >= 0.3 is 0 Å². The zero-order chi connectivity index (χ0) is 13.4. The zero-order valence-electron chi connectivity index (χ0n) is 10.9. The molecule has 18 heavy (non-hydrogen) atoms. The molecule has 1 amide bonds. The number of hydrogen-bond donors (Lipinski definition) is 2. The molecular weight excluding hydrogens is 252 g/mol. The summed E-state index contributed by atoms with van der Waals surface area (Å²) in [4.78, 5) is 24.5. The lowest BCUT2D eigenvalue weighted by molar-refractivity contribution is -0.127. The Hall–Kier alpha value is -0.590. The van der Waals surface area contributed by atoms with Crippen molar-refractivity contribution in [3.05, 3.63) is 0 Å². The molecule has 0 spiro atoms. The lowest BCUT2D eigenvalue weighted by Gasteiger charge is -2.16. The summed E-state index contributed by atoms with van der Waals surface area (Å²) in [5.74, 6) is 1.27. The van der Waals surface area contributed by atoms with Gasteiger partial charge in [0.2, 0.25) is 5.91 Å². The number of hydrogen-bond acceptors (Lipinski definition) is 5. The molecule has 1 rings (SSSR count). The molecule has 1 atom stereocenters. The zero-order valence-corrected chi connectivity index (χ0v) is 11.7. The van der Waals surface area contributed by atoms with Gasteiger partial charge in [0.25, 0.3) is 0 Å². The summed E-state index contributed by atoms with van der Waals surface area (Å²) in [6, 6.07) is 0. The van der Waals surface area contributed by atoms with Crippen molar-refractivity contribution in [1.29, 1.82) is 0 Å². The molecule has 0 bridgehead atoms. The van der Waals surface area contributed by atoms with E-state index in [9.17, 15) is 9.59 Å². The second-order valence-corrected chi connectivity index (χ2v) is 5.74. The Balaban J connectivity index is 2.15. The number of carbonyl (C=O) groups excluding carboxylic acids is 2. The molecule has 1 saturated heterocycles. The van der Waals surface area contributed by atoms with Crippen molar-refractivity contribution in [2.45, 2.75) is 19.8 Å². The van der Waals surface area contributed by atoms with Crippen LogP contribution in [-0.2, 0) is 9.59 Å². The molecule has 0 aromatic carbocycles. The number of carbonyl (C=O) groups is 2. The maximum atomic E-state index is 11.7. The Labute approximate surface area is 112 Å². The number of rotatable bonds is 8. The highest BCUT2D eigenvalue weighted by molar-refractivity contribution is 8.13. The SMILES string of the molecule is CC(=O)SCC1CC(=O)N(CCCNCCO)C1. The Morgan fingerprint density at radius 2 is 2.33 bits per heavy atom. The molecule has 1 fully saturated rings. The largest absolute Gasteiger partial charge is 0.395 e. The van der Waals surface area contributed by atoms with Crippen molar-refractivity contribution in [1.82, 2.24) is 10.2 Å². The smallest absolute Gasteiger partial charge is 0.222 e. The van der Waals surface area contributed by atoms with Crippen LogP contribution in [0.3, 0.4) is 0 Å². The van der Waals surface area contributed by atoms with E-state index in [0.29, 0.717) is 18.9 Å². The molecule has 0 aliphatic carbocycles. The van der Waals surface area contributed by atoms with Crippen LogP contribution in [0.15, 0.2) is 0 Å². The first-order chi connectivity index (χ1) is 8.63. The van der Waals surface area contributed by atoms with Gasteiger partial charge in [0, 0.05) is 38.7 Å². The Kier molecular flexibility index (Phi) is 7.31. The van der Waals surface area contributed by atoms with E-state index < -0.39 is 0 Å². The van der Waals surface area contributed by atoms with Gasteiger partial charge < -0.3 is 15.3 Å². The van der Waals surface area contributed by atoms with Crippen LogP contribution in [0.4, 0.5) is 0 Å². The molecular formula is C12H22N2O3S. The Morgan fingerprint density at radius 3 is 3.00 bits per heavy atom. The average molecular weight is 274 g/mol. The van der Waals surface area contributed by atoms with Gasteiger partial charge in [-0.15, -0.1) is 0 Å². The summed E-state index contributed by atoms with van der Waals surface area (Å²) in [6.07, 6.45) is 1.47. The summed E-state index contributed by atoms with van der Waals surface area (Å²) in [6.45, 7) is 4.67. The van der Waals surface area contributed by atoms with Gasteiger partial charge in [-0.05, 0) is 18.9 Å². The van der Waals surface area contributed by atoms with Crippen LogP contribution in [0.25, 0.3) is 0 Å². The fraction of sp³-hybridized carbons (Fsp3) is 0.833. The molecule has 6 heteroatoms. The number of aliphatic hydroxyl groups is 1. The van der Waals surface area contributed by atoms with E-state index in [4.69, 9.17) is 5.11 Å². The highest BCUT2D eigenvalue weighted by atomic mass is 32.2. The van der Waals surface area contributed by atoms with E-state index in [-0.39, 0.29) is 17.6 Å². The van der Waals surface area contributed by atoms with Crippen LogP contribution in [0.1, 0.15) is 19.8 Å². The third-order valence-corrected chi connectivity index (χ3v) is 3.93. The lowest BCUT2D eigenvalue weighted by Crippen LogP contribution is -2.29. The topological polar surface area (TPSA) is 69.6 Å². The second kappa shape index (κ2) is 8.50. The van der Waals surface area contributed by atoms with Crippen LogP contribution < -0.4 is 5.32 Å². The van der Waals surface area contributed by atoms with Crippen molar-refractivity contribution in [3.8, 4) is 0 Å². The summed E-state index contributed by atoms with van der Waals surface area (Å²) in [7, 11) is 0. The maximum Gasteiger partial charge on any atom is 0.222 e. The van der Waals surface area contributed by atoms with Crippen molar-refractivity contribution >= 4 is 22.8 Å². The van der Waals surface area contributed by atoms with Crippen molar-refractivity contribution in [2.75, 3.05) is 38.5 Å². The first kappa shape index (κ1) is 15.5. The number of likely N-dealkylation sites (tertiary alicyclic amines) is 1. The van der Waals surface area contributed by atoms with E-state index in [1.54, 1.807) is 6.92 Å². The molecule has 2 N–H and O–H groups in total. The minimum Gasteiger partial charge on any atom is -0.395 e. The maximum absolute atomic E-state index is 11.7. The predicted molar refractivity (Wildman–Crippen MR) is 72.4 cm³/mol. The highest BCUT2D eigenvalue weighted by Gasteiger charge is 2.29. The standard InChI is InChI=1S/C12H22N2O3S/c1-10(16)18-9-11-7-12(17)14(8-11)5-2-3-13-4-6-15/h11,13,15H,2-9H2,1H3. The van der Waals surface area contributed by atoms with E-state index in [0.717, 1.165) is 31.8 Å². The second-order valence-electron chi connectivity index (χ2n) is 4.54. The van der Waals surface area contributed by atoms with E-state index in [2.05, 4.69) is 5.32 Å². The molecule has 1 unspecified atom stereocenters. The molecule has 0 aromatic heterocycles. The fourth-order valence-electron chi connectivity index (χ4n) is 2.02. The van der Waals surface area contributed by atoms with Crippen molar-refractivity contribution in [2.24, 2.45) is 5.92 Å². The number of aliphatic hydroxyl groups excluding tert-OH is 1. The predicted octanol–water partition coefficient (Wildman–Crippen LogP) is 0.0866. The first-order valence-electron chi connectivity index (χ1n) is 6.36. The minimum atomic E-state index is 0.120. The van der Waals surface area contributed by atoms with Crippen molar-refractivity contribution in [3.63, 3.8) is 0 Å². The van der Waals surface area contributed by atoms with Gasteiger partial charge in [0.15, 0.2) is 5.12 Å². The molecule has 0 saturated carbocycles. The highest BCUT2D eigenvalue weighted by Crippen LogP contribution is 2.22. The molecule has 1 aliphatic heterocycles. The van der Waals surface area contributed by atoms with Gasteiger partial charge in [-0.25, -0.2) is 0 Å². The first-order valence-corrected chi connectivity index (χ1v) is 7.34. The molecule has 0 aromatic rings. The van der Waals surface area contributed by atoms with Crippen LogP contribution in [0, 0.1) is 5.92 Å². The molecule has 104 valence electrons. The summed E-state index contributed by atoms with van der Waals surface area (Å²) in [5.41, 5.74) is 0. The summed E-state index contributed by atoms with van der Waals surface area (Å²) >= 11 is 1.31. The Bertz CT molecular complexity index is 286. The van der Waals surface area contributed by atoms with Crippen LogP contribution in [-0.4, -0.2) is 59.6 Å². The van der Waals surface area contributed by atoms with Gasteiger partial charge in [-0.2, -0.15) is 0 Å². The summed E-state index contributed by atoms with van der Waals surface area (Å²) in [5, 5.41) is 11.8. The Morgan fingerprint density at radius 1 is 1.56 bits per heavy atom. The lowest BCUT2D eigenvalue weighted by atomic mass is 10.1. The van der Waals surface area contributed by atoms with Crippen LogP contribution in [0.2, 0.25) is 0 Å². The van der Waals surface area contributed by atoms with Crippen molar-refractivity contribution < 1.29 is 14.7 Å². The minimum absolute atomic E-state index is 0.120. The molecule has 0 radical (unpaired) electrons. The number of thioether (sulfide) groups is 1. The normalized spacial score (nSPS) is 19.6. The molecule has 1 aliphatic rings. The monoisotopic (exact) mass is 274 g/mol. The van der Waals surface area contributed by atoms with E-state index in [1.165, 1.54) is 11.8 Å². The van der Waals surface area contributed by atoms with E-state index in [1.807, 2.05) is 4.90 Å². The third-order valence-electron chi connectivity index (χ3n) is 2.89. The summed E-state index contributed by atoms with van der Waals surface area (Å²) < 4.78 is 0. The number of nitrogens with zero attached hydrogens (tertiary/aromatic N) is 1. The van der Waals surface area contributed by atoms with Gasteiger partial charge in [-0.1, -0.05) is 11.8 Å². The number of nitrogens with one attached hydrogen (secondary N) is 1.